The van der Waals surface area contributed by atoms with Crippen molar-refractivity contribution in [3.63, 3.8) is 0 Å². The van der Waals surface area contributed by atoms with Crippen LogP contribution in [0.5, 0.6) is 0 Å². The van der Waals surface area contributed by atoms with Gasteiger partial charge in [-0.25, -0.2) is 4.39 Å². The third kappa shape index (κ3) is 2.83. The minimum absolute atomic E-state index is 0.0864. The zero-order chi connectivity index (χ0) is 12.3. The van der Waals surface area contributed by atoms with Crippen molar-refractivity contribution < 1.29 is 4.39 Å². The van der Waals surface area contributed by atoms with Crippen LogP contribution in [0.2, 0.25) is 0 Å². The Morgan fingerprint density at radius 1 is 1.12 bits per heavy atom. The van der Waals surface area contributed by atoms with Gasteiger partial charge < -0.3 is 0 Å². The second-order valence-corrected chi connectivity index (χ2v) is 4.47. The smallest absolute Gasteiger partial charge is 0.123 e. The van der Waals surface area contributed by atoms with Crippen LogP contribution >= 0.6 is 11.6 Å². The van der Waals surface area contributed by atoms with Gasteiger partial charge in [-0.1, -0.05) is 25.1 Å². The van der Waals surface area contributed by atoms with E-state index in [9.17, 15) is 4.39 Å². The summed E-state index contributed by atoms with van der Waals surface area (Å²) in [6.07, 6.45) is 1.75. The largest absolute Gasteiger partial charge is 0.261 e. The predicted octanol–water partition coefficient (Wildman–Crippen LogP) is 4.30. The zero-order valence-electron chi connectivity index (χ0n) is 9.48. The number of benzene rings is 1. The molecule has 0 aliphatic heterocycles. The van der Waals surface area contributed by atoms with Crippen LogP contribution in [0.15, 0.2) is 48.7 Å². The fourth-order valence-corrected chi connectivity index (χ4v) is 2.01. The molecule has 2 unspecified atom stereocenters. The summed E-state index contributed by atoms with van der Waals surface area (Å²) >= 11 is 6.38. The van der Waals surface area contributed by atoms with Crippen molar-refractivity contribution in [1.29, 1.82) is 0 Å². The van der Waals surface area contributed by atoms with Crippen LogP contribution in [0.3, 0.4) is 0 Å². The van der Waals surface area contributed by atoms with E-state index in [0.29, 0.717) is 0 Å². The van der Waals surface area contributed by atoms with Gasteiger partial charge >= 0.3 is 0 Å². The molecule has 2 aromatic rings. The molecule has 1 aromatic heterocycles. The Labute approximate surface area is 105 Å². The molecule has 0 bridgehead atoms. The second-order valence-electron chi connectivity index (χ2n) is 4.00. The van der Waals surface area contributed by atoms with Gasteiger partial charge in [0.25, 0.3) is 0 Å². The lowest BCUT2D eigenvalue weighted by Gasteiger charge is -2.17. The van der Waals surface area contributed by atoms with Gasteiger partial charge in [-0.2, -0.15) is 0 Å². The molecular weight excluding hydrogens is 237 g/mol. The fraction of sp³-hybridized carbons (Fsp3) is 0.214. The molecule has 0 saturated carbocycles. The summed E-state index contributed by atoms with van der Waals surface area (Å²) in [5.41, 5.74) is 1.85. The van der Waals surface area contributed by atoms with Gasteiger partial charge in [0.2, 0.25) is 0 Å². The number of aromatic nitrogens is 1. The van der Waals surface area contributed by atoms with E-state index < -0.39 is 0 Å². The molecule has 2 rings (SSSR count). The van der Waals surface area contributed by atoms with Gasteiger partial charge in [0, 0.05) is 17.8 Å². The zero-order valence-corrected chi connectivity index (χ0v) is 10.2. The second kappa shape index (κ2) is 5.28. The first-order valence-corrected chi connectivity index (χ1v) is 5.92. The molecule has 0 aliphatic carbocycles. The SMILES string of the molecule is CC(c1ccccn1)C(Cl)c1ccc(F)cc1. The first-order chi connectivity index (χ1) is 8.18. The highest BCUT2D eigenvalue weighted by Gasteiger charge is 2.19. The Morgan fingerprint density at radius 3 is 2.41 bits per heavy atom. The van der Waals surface area contributed by atoms with E-state index in [1.54, 1.807) is 18.3 Å². The standard InChI is InChI=1S/C14H13ClFN/c1-10(13-4-2-3-9-17-13)14(15)11-5-7-12(16)8-6-11/h2-10,14H,1H3. The van der Waals surface area contributed by atoms with Gasteiger partial charge in [0.1, 0.15) is 5.82 Å². The third-order valence-electron chi connectivity index (χ3n) is 2.78. The molecule has 0 radical (unpaired) electrons. The number of hydrogen-bond donors (Lipinski definition) is 0. The van der Waals surface area contributed by atoms with Gasteiger partial charge in [-0.15, -0.1) is 11.6 Å². The summed E-state index contributed by atoms with van der Waals surface area (Å²) in [5.74, 6) is -0.161. The molecule has 1 aromatic carbocycles. The molecule has 17 heavy (non-hydrogen) atoms. The van der Waals surface area contributed by atoms with E-state index in [1.807, 2.05) is 25.1 Å². The van der Waals surface area contributed by atoms with Crippen molar-refractivity contribution >= 4 is 11.6 Å². The first-order valence-electron chi connectivity index (χ1n) is 5.49. The Bertz CT molecular complexity index is 469. The van der Waals surface area contributed by atoms with Gasteiger partial charge in [-0.3, -0.25) is 4.98 Å². The van der Waals surface area contributed by atoms with Crippen LogP contribution in [0.1, 0.15) is 29.5 Å². The van der Waals surface area contributed by atoms with Gasteiger partial charge in [-0.05, 0) is 29.8 Å². The number of nitrogens with zero attached hydrogens (tertiary/aromatic N) is 1. The highest BCUT2D eigenvalue weighted by atomic mass is 35.5. The van der Waals surface area contributed by atoms with Gasteiger partial charge in [0.15, 0.2) is 0 Å². The maximum Gasteiger partial charge on any atom is 0.123 e. The molecule has 0 fully saturated rings. The Morgan fingerprint density at radius 2 is 1.82 bits per heavy atom. The Hall–Kier alpha value is -1.41. The lowest BCUT2D eigenvalue weighted by atomic mass is 9.97. The highest BCUT2D eigenvalue weighted by Crippen LogP contribution is 2.34. The monoisotopic (exact) mass is 249 g/mol. The number of rotatable bonds is 3. The van der Waals surface area contributed by atoms with Crippen LogP contribution in [0.4, 0.5) is 4.39 Å². The Kier molecular flexibility index (Phi) is 3.75. The van der Waals surface area contributed by atoms with Crippen LogP contribution in [0.25, 0.3) is 0 Å². The summed E-state index contributed by atoms with van der Waals surface area (Å²) in [7, 11) is 0. The van der Waals surface area contributed by atoms with Gasteiger partial charge in [0.05, 0.1) is 5.38 Å². The summed E-state index contributed by atoms with van der Waals surface area (Å²) in [6.45, 7) is 2.02. The lowest BCUT2D eigenvalue weighted by Crippen LogP contribution is -2.04. The molecular formula is C14H13ClFN. The van der Waals surface area contributed by atoms with E-state index in [2.05, 4.69) is 4.98 Å². The summed E-state index contributed by atoms with van der Waals surface area (Å²) in [5, 5.41) is -0.203. The molecule has 2 atom stereocenters. The molecule has 0 amide bonds. The fourth-order valence-electron chi connectivity index (χ4n) is 1.73. The molecule has 88 valence electrons. The molecule has 0 saturated heterocycles. The number of pyridine rings is 1. The molecule has 1 heterocycles. The highest BCUT2D eigenvalue weighted by molar-refractivity contribution is 6.21. The maximum atomic E-state index is 12.8. The molecule has 1 nitrogen and oxygen atoms in total. The topological polar surface area (TPSA) is 12.9 Å². The van der Waals surface area contributed by atoms with E-state index in [4.69, 9.17) is 11.6 Å². The van der Waals surface area contributed by atoms with Crippen LogP contribution in [0, 0.1) is 5.82 Å². The Balaban J connectivity index is 2.20. The molecule has 0 spiro atoms. The van der Waals surface area contributed by atoms with E-state index in [-0.39, 0.29) is 17.1 Å². The number of alkyl halides is 1. The van der Waals surface area contributed by atoms with Crippen molar-refractivity contribution in [3.05, 3.63) is 65.7 Å². The van der Waals surface area contributed by atoms with Crippen LogP contribution < -0.4 is 0 Å². The van der Waals surface area contributed by atoms with Crippen LogP contribution in [-0.2, 0) is 0 Å². The first kappa shape index (κ1) is 12.1. The van der Waals surface area contributed by atoms with E-state index in [0.717, 1.165) is 11.3 Å². The van der Waals surface area contributed by atoms with E-state index >= 15 is 0 Å². The molecule has 0 aliphatic rings. The van der Waals surface area contributed by atoms with Crippen molar-refractivity contribution in [2.45, 2.75) is 18.2 Å². The van der Waals surface area contributed by atoms with Crippen molar-refractivity contribution in [1.82, 2.24) is 4.98 Å². The van der Waals surface area contributed by atoms with Crippen LogP contribution in [-0.4, -0.2) is 4.98 Å². The van der Waals surface area contributed by atoms with Crippen molar-refractivity contribution in [2.24, 2.45) is 0 Å². The van der Waals surface area contributed by atoms with Crippen molar-refractivity contribution in [2.75, 3.05) is 0 Å². The average molecular weight is 250 g/mol. The number of hydrogen-bond acceptors (Lipinski definition) is 1. The molecule has 0 N–H and O–H groups in total. The lowest BCUT2D eigenvalue weighted by molar-refractivity contribution is 0.625. The summed E-state index contributed by atoms with van der Waals surface area (Å²) < 4.78 is 12.8. The van der Waals surface area contributed by atoms with E-state index in [1.165, 1.54) is 12.1 Å². The quantitative estimate of drug-likeness (QED) is 0.739. The normalized spacial score (nSPS) is 14.3. The third-order valence-corrected chi connectivity index (χ3v) is 3.41. The average Bonchev–Trinajstić information content (AvgIpc) is 2.39. The minimum Gasteiger partial charge on any atom is -0.261 e. The minimum atomic E-state index is -0.247. The number of halogens is 2. The predicted molar refractivity (Wildman–Crippen MR) is 67.6 cm³/mol. The maximum absolute atomic E-state index is 12.8. The summed E-state index contributed by atoms with van der Waals surface area (Å²) in [4.78, 5) is 4.28. The summed E-state index contributed by atoms with van der Waals surface area (Å²) in [6, 6.07) is 12.0. The van der Waals surface area contributed by atoms with Crippen molar-refractivity contribution in [3.8, 4) is 0 Å². The molecule has 3 heteroatoms.